The van der Waals surface area contributed by atoms with Gasteiger partial charge in [0.2, 0.25) is 0 Å². The Labute approximate surface area is 56.8 Å². The van der Waals surface area contributed by atoms with Gasteiger partial charge in [-0.25, -0.2) is 0 Å². The summed E-state index contributed by atoms with van der Waals surface area (Å²) in [5.74, 6) is -1.46. The third kappa shape index (κ3) is 0.883. The fraction of sp³-hybridized carbons (Fsp3) is 0.500. The van der Waals surface area contributed by atoms with E-state index in [9.17, 15) is 4.79 Å². The molecule has 0 radical (unpaired) electrons. The van der Waals surface area contributed by atoms with E-state index in [1.165, 1.54) is 0 Å². The highest BCUT2D eigenvalue weighted by molar-refractivity contribution is 5.90. The van der Waals surface area contributed by atoms with Gasteiger partial charge >= 0.3 is 5.85 Å². The van der Waals surface area contributed by atoms with Crippen LogP contribution in [0.1, 0.15) is 6.92 Å². The summed E-state index contributed by atoms with van der Waals surface area (Å²) in [6.45, 7) is 1.78. The standard InChI is InChI=1S/C4H6N4O2/c1-3-4(5,10-2-9)7-8-6-3/h2H,5H2,1H3. The van der Waals surface area contributed by atoms with Crippen LogP contribution in [0.5, 0.6) is 0 Å². The van der Waals surface area contributed by atoms with Gasteiger partial charge in [0.15, 0.2) is 0 Å². The SMILES string of the molecule is CC1=NN=NC1(N)OC=O. The maximum absolute atomic E-state index is 9.85. The van der Waals surface area contributed by atoms with Gasteiger partial charge in [-0.05, 0) is 12.1 Å². The summed E-state index contributed by atoms with van der Waals surface area (Å²) >= 11 is 0. The van der Waals surface area contributed by atoms with E-state index in [1.807, 2.05) is 0 Å². The number of nitrogens with two attached hydrogens (primary N) is 1. The molecule has 2 N–H and O–H groups in total. The minimum Gasteiger partial charge on any atom is -0.418 e. The number of hydrogen-bond acceptors (Lipinski definition) is 6. The predicted molar refractivity (Wildman–Crippen MR) is 32.0 cm³/mol. The minimum absolute atomic E-state index is 0.212. The monoisotopic (exact) mass is 142 g/mol. The molecule has 0 aliphatic carbocycles. The van der Waals surface area contributed by atoms with Gasteiger partial charge in [0, 0.05) is 0 Å². The molecule has 6 nitrogen and oxygen atoms in total. The molecule has 1 heterocycles. The summed E-state index contributed by atoms with van der Waals surface area (Å²) in [6, 6.07) is 0. The van der Waals surface area contributed by atoms with E-state index in [-0.39, 0.29) is 6.47 Å². The zero-order valence-corrected chi connectivity index (χ0v) is 5.31. The lowest BCUT2D eigenvalue weighted by molar-refractivity contribution is -0.136. The van der Waals surface area contributed by atoms with Crippen LogP contribution in [0.3, 0.4) is 0 Å². The molecule has 0 saturated heterocycles. The lowest BCUT2D eigenvalue weighted by atomic mass is 10.3. The summed E-state index contributed by atoms with van der Waals surface area (Å²) in [6.07, 6.45) is 0. The van der Waals surface area contributed by atoms with Crippen LogP contribution in [0.4, 0.5) is 0 Å². The highest BCUT2D eigenvalue weighted by Crippen LogP contribution is 2.13. The van der Waals surface area contributed by atoms with Crippen LogP contribution in [-0.2, 0) is 9.53 Å². The first kappa shape index (κ1) is 6.81. The molecule has 10 heavy (non-hydrogen) atoms. The number of nitrogens with zero attached hydrogens (tertiary/aromatic N) is 3. The van der Waals surface area contributed by atoms with Gasteiger partial charge in [-0.2, -0.15) is 0 Å². The molecule has 0 amide bonds. The van der Waals surface area contributed by atoms with Crippen molar-refractivity contribution in [1.29, 1.82) is 0 Å². The van der Waals surface area contributed by atoms with Crippen LogP contribution in [0.15, 0.2) is 15.4 Å². The first-order valence-electron chi connectivity index (χ1n) is 2.56. The van der Waals surface area contributed by atoms with Crippen LogP contribution < -0.4 is 5.73 Å². The van der Waals surface area contributed by atoms with Crippen molar-refractivity contribution < 1.29 is 9.53 Å². The van der Waals surface area contributed by atoms with Crippen molar-refractivity contribution in [2.75, 3.05) is 0 Å². The maximum atomic E-state index is 9.85. The zero-order valence-electron chi connectivity index (χ0n) is 5.31. The van der Waals surface area contributed by atoms with Crippen LogP contribution in [0, 0.1) is 0 Å². The Kier molecular flexibility index (Phi) is 1.46. The van der Waals surface area contributed by atoms with E-state index in [1.54, 1.807) is 6.92 Å². The fourth-order valence-corrected chi connectivity index (χ4v) is 0.482. The van der Waals surface area contributed by atoms with Crippen molar-refractivity contribution in [2.24, 2.45) is 21.2 Å². The van der Waals surface area contributed by atoms with Crippen LogP contribution in [0.25, 0.3) is 0 Å². The van der Waals surface area contributed by atoms with E-state index in [0.717, 1.165) is 0 Å². The summed E-state index contributed by atoms with van der Waals surface area (Å²) in [7, 11) is 0. The Morgan fingerprint density at radius 1 is 1.80 bits per heavy atom. The Morgan fingerprint density at radius 3 is 2.90 bits per heavy atom. The topological polar surface area (TPSA) is 89.4 Å². The minimum atomic E-state index is -1.46. The van der Waals surface area contributed by atoms with Gasteiger partial charge in [0.25, 0.3) is 6.47 Å². The Balaban J connectivity index is 2.77. The van der Waals surface area contributed by atoms with E-state index in [0.29, 0.717) is 5.71 Å². The third-order valence-corrected chi connectivity index (χ3v) is 1.13. The van der Waals surface area contributed by atoms with Crippen molar-refractivity contribution in [2.45, 2.75) is 12.8 Å². The molecule has 0 spiro atoms. The van der Waals surface area contributed by atoms with E-state index in [2.05, 4.69) is 20.2 Å². The molecular weight excluding hydrogens is 136 g/mol. The van der Waals surface area contributed by atoms with Crippen molar-refractivity contribution in [3.8, 4) is 0 Å². The third-order valence-electron chi connectivity index (χ3n) is 1.13. The van der Waals surface area contributed by atoms with Crippen molar-refractivity contribution in [1.82, 2.24) is 0 Å². The highest BCUT2D eigenvalue weighted by atomic mass is 16.6. The Morgan fingerprint density at radius 2 is 2.50 bits per heavy atom. The zero-order chi connectivity index (χ0) is 7.61. The van der Waals surface area contributed by atoms with Gasteiger partial charge in [0.1, 0.15) is 5.71 Å². The quantitative estimate of drug-likeness (QED) is 0.420. The van der Waals surface area contributed by atoms with Crippen LogP contribution >= 0.6 is 0 Å². The molecule has 1 atom stereocenters. The molecule has 0 aromatic heterocycles. The van der Waals surface area contributed by atoms with Crippen LogP contribution in [0.2, 0.25) is 0 Å². The predicted octanol–water partition coefficient (Wildman–Crippen LogP) is -0.386. The molecule has 0 aromatic carbocycles. The maximum Gasteiger partial charge on any atom is 0.319 e. The summed E-state index contributed by atoms with van der Waals surface area (Å²) < 4.78 is 4.41. The molecule has 6 heteroatoms. The molecule has 0 aromatic rings. The summed E-state index contributed by atoms with van der Waals surface area (Å²) in [4.78, 5) is 9.85. The van der Waals surface area contributed by atoms with Gasteiger partial charge < -0.3 is 4.74 Å². The number of rotatable bonds is 2. The Hall–Kier alpha value is -1.30. The van der Waals surface area contributed by atoms with Gasteiger partial charge in [0.05, 0.1) is 0 Å². The lowest BCUT2D eigenvalue weighted by Crippen LogP contribution is -2.45. The Bertz CT molecular complexity index is 211. The molecule has 1 unspecified atom stereocenters. The van der Waals surface area contributed by atoms with Crippen LogP contribution in [-0.4, -0.2) is 18.0 Å². The summed E-state index contributed by atoms with van der Waals surface area (Å²) in [5, 5.41) is 10.1. The molecule has 0 fully saturated rings. The van der Waals surface area contributed by atoms with Gasteiger partial charge in [-0.15, -0.1) is 5.10 Å². The fourth-order valence-electron chi connectivity index (χ4n) is 0.482. The van der Waals surface area contributed by atoms with Crippen molar-refractivity contribution in [3.05, 3.63) is 0 Å². The molecule has 1 aliphatic heterocycles. The normalized spacial score (nSPS) is 30.0. The average Bonchev–Trinajstić information content (AvgIpc) is 2.15. The second-order valence-electron chi connectivity index (χ2n) is 1.79. The molecule has 0 saturated carbocycles. The van der Waals surface area contributed by atoms with E-state index in [4.69, 9.17) is 5.73 Å². The smallest absolute Gasteiger partial charge is 0.319 e. The number of carbonyl (C=O) groups is 1. The molecular formula is C4H6N4O2. The average molecular weight is 142 g/mol. The highest BCUT2D eigenvalue weighted by Gasteiger charge is 2.34. The van der Waals surface area contributed by atoms with Crippen molar-refractivity contribution in [3.63, 3.8) is 0 Å². The number of carbonyl (C=O) groups excluding carboxylic acids is 1. The second kappa shape index (κ2) is 2.14. The number of hydrogen-bond donors (Lipinski definition) is 1. The van der Waals surface area contributed by atoms with Crippen molar-refractivity contribution >= 4 is 12.2 Å². The number of ether oxygens (including phenoxy) is 1. The molecule has 1 rings (SSSR count). The van der Waals surface area contributed by atoms with Gasteiger partial charge in [-0.3, -0.25) is 10.5 Å². The lowest BCUT2D eigenvalue weighted by Gasteiger charge is -2.14. The van der Waals surface area contributed by atoms with E-state index < -0.39 is 5.85 Å². The first-order chi connectivity index (χ1) is 4.69. The molecule has 1 aliphatic rings. The molecule has 0 bridgehead atoms. The van der Waals surface area contributed by atoms with Gasteiger partial charge in [-0.1, -0.05) is 5.11 Å². The largest absolute Gasteiger partial charge is 0.418 e. The second-order valence-corrected chi connectivity index (χ2v) is 1.79. The van der Waals surface area contributed by atoms with E-state index >= 15 is 0 Å². The summed E-state index contributed by atoms with van der Waals surface area (Å²) in [5.41, 5.74) is 5.73. The first-order valence-corrected chi connectivity index (χ1v) is 2.56. The molecule has 54 valence electrons.